The number of nitrogens with zero attached hydrogens (tertiary/aromatic N) is 3. The van der Waals surface area contributed by atoms with Crippen molar-refractivity contribution in [2.75, 3.05) is 4.72 Å². The zero-order chi connectivity index (χ0) is 14.9. The molecule has 3 rings (SSSR count). The van der Waals surface area contributed by atoms with Crippen molar-refractivity contribution in [2.45, 2.75) is 18.4 Å². The van der Waals surface area contributed by atoms with Gasteiger partial charge in [0, 0.05) is 18.8 Å². The average molecular weight is 323 g/mol. The first kappa shape index (κ1) is 13.8. The Hall–Kier alpha value is -2.13. The van der Waals surface area contributed by atoms with Crippen LogP contribution in [0.5, 0.6) is 0 Å². The van der Waals surface area contributed by atoms with E-state index in [0.29, 0.717) is 6.54 Å². The molecular weight excluding hydrogens is 310 g/mol. The minimum absolute atomic E-state index is 0.116. The number of thiophene rings is 1. The Morgan fingerprint density at radius 2 is 2.33 bits per heavy atom. The third-order valence-electron chi connectivity index (χ3n) is 2.85. The monoisotopic (exact) mass is 323 g/mol. The lowest BCUT2D eigenvalue weighted by atomic mass is 10.3. The highest BCUT2D eigenvalue weighted by atomic mass is 32.2. The molecule has 3 aromatic rings. The van der Waals surface area contributed by atoms with Gasteiger partial charge in [0.05, 0.1) is 16.8 Å². The molecule has 0 amide bonds. The smallest absolute Gasteiger partial charge is 0.266 e. The summed E-state index contributed by atoms with van der Waals surface area (Å²) in [6.07, 6.45) is 2.80. The standard InChI is InChI=1S/C12H13N5O2S2/c1-2-17-8-9(7-13-17)21(18,19)16-12-6-10(14-15-12)11-4-3-5-20-11/h3-8H,2H2,1H3,(H2,14,15,16). The molecule has 0 bridgehead atoms. The third kappa shape index (κ3) is 2.83. The van der Waals surface area contributed by atoms with Gasteiger partial charge in [-0.15, -0.1) is 11.3 Å². The van der Waals surface area contributed by atoms with Crippen molar-refractivity contribution in [2.24, 2.45) is 0 Å². The molecule has 0 saturated heterocycles. The van der Waals surface area contributed by atoms with Gasteiger partial charge in [-0.3, -0.25) is 14.5 Å². The van der Waals surface area contributed by atoms with Crippen LogP contribution in [0.4, 0.5) is 5.82 Å². The van der Waals surface area contributed by atoms with E-state index in [0.717, 1.165) is 10.6 Å². The lowest BCUT2D eigenvalue weighted by Gasteiger charge is -2.01. The number of rotatable bonds is 5. The van der Waals surface area contributed by atoms with E-state index in [2.05, 4.69) is 20.0 Å². The first-order valence-electron chi connectivity index (χ1n) is 6.23. The fourth-order valence-corrected chi connectivity index (χ4v) is 3.42. The number of hydrogen-bond acceptors (Lipinski definition) is 5. The summed E-state index contributed by atoms with van der Waals surface area (Å²) >= 11 is 1.55. The molecule has 0 fully saturated rings. The van der Waals surface area contributed by atoms with Gasteiger partial charge in [0.25, 0.3) is 10.0 Å². The third-order valence-corrected chi connectivity index (χ3v) is 5.06. The summed E-state index contributed by atoms with van der Waals surface area (Å²) in [7, 11) is -3.67. The normalized spacial score (nSPS) is 11.7. The van der Waals surface area contributed by atoms with Gasteiger partial charge in [0.15, 0.2) is 5.82 Å². The van der Waals surface area contributed by atoms with Crippen molar-refractivity contribution in [1.82, 2.24) is 20.0 Å². The second-order valence-electron chi connectivity index (χ2n) is 4.28. The van der Waals surface area contributed by atoms with Crippen molar-refractivity contribution in [3.8, 4) is 10.6 Å². The predicted molar refractivity (Wildman–Crippen MR) is 80.6 cm³/mol. The van der Waals surface area contributed by atoms with Crippen molar-refractivity contribution in [3.63, 3.8) is 0 Å². The SMILES string of the molecule is CCn1cc(S(=O)(=O)Nc2cc(-c3cccs3)[nH]n2)cn1. The van der Waals surface area contributed by atoms with Gasteiger partial charge in [-0.1, -0.05) is 6.07 Å². The maximum absolute atomic E-state index is 12.2. The summed E-state index contributed by atoms with van der Waals surface area (Å²) in [5, 5.41) is 12.7. The fourth-order valence-electron chi connectivity index (χ4n) is 1.78. The van der Waals surface area contributed by atoms with E-state index in [1.54, 1.807) is 22.1 Å². The molecule has 0 aliphatic rings. The average Bonchev–Trinajstić information content (AvgIpc) is 3.19. The number of aromatic amines is 1. The molecule has 2 N–H and O–H groups in total. The molecule has 0 unspecified atom stereocenters. The van der Waals surface area contributed by atoms with Crippen LogP contribution in [-0.4, -0.2) is 28.4 Å². The molecular formula is C12H13N5O2S2. The maximum atomic E-state index is 12.2. The highest BCUT2D eigenvalue weighted by Gasteiger charge is 2.18. The van der Waals surface area contributed by atoms with E-state index in [1.807, 2.05) is 24.4 Å². The first-order chi connectivity index (χ1) is 10.1. The molecule has 0 spiro atoms. The van der Waals surface area contributed by atoms with E-state index in [-0.39, 0.29) is 10.7 Å². The van der Waals surface area contributed by atoms with Gasteiger partial charge in [0.2, 0.25) is 0 Å². The van der Waals surface area contributed by atoms with E-state index in [9.17, 15) is 8.42 Å². The highest BCUT2D eigenvalue weighted by Crippen LogP contribution is 2.25. The molecule has 3 heterocycles. The quantitative estimate of drug-likeness (QED) is 0.752. The van der Waals surface area contributed by atoms with Crippen LogP contribution in [0, 0.1) is 0 Å². The van der Waals surface area contributed by atoms with Gasteiger partial charge >= 0.3 is 0 Å². The van der Waals surface area contributed by atoms with Crippen molar-refractivity contribution < 1.29 is 8.42 Å². The molecule has 7 nitrogen and oxygen atoms in total. The van der Waals surface area contributed by atoms with Crippen LogP contribution in [0.25, 0.3) is 10.6 Å². The second kappa shape index (κ2) is 5.34. The lowest BCUT2D eigenvalue weighted by molar-refractivity contribution is 0.600. The summed E-state index contributed by atoms with van der Waals surface area (Å²) < 4.78 is 28.4. The molecule has 0 radical (unpaired) electrons. The Morgan fingerprint density at radius 3 is 3.00 bits per heavy atom. The van der Waals surface area contributed by atoms with Crippen LogP contribution in [0.3, 0.4) is 0 Å². The van der Waals surface area contributed by atoms with Crippen LogP contribution in [-0.2, 0) is 16.6 Å². The van der Waals surface area contributed by atoms with Gasteiger partial charge in [-0.2, -0.15) is 10.2 Å². The summed E-state index contributed by atoms with van der Waals surface area (Å²) in [5.74, 6) is 0.252. The molecule has 0 aliphatic heterocycles. The molecule has 110 valence electrons. The predicted octanol–water partition coefficient (Wildman–Crippen LogP) is 2.16. The van der Waals surface area contributed by atoms with Gasteiger partial charge in [-0.25, -0.2) is 8.42 Å². The molecule has 9 heteroatoms. The van der Waals surface area contributed by atoms with Crippen LogP contribution < -0.4 is 4.72 Å². The van der Waals surface area contributed by atoms with Crippen LogP contribution in [0.15, 0.2) is 40.9 Å². The van der Waals surface area contributed by atoms with E-state index >= 15 is 0 Å². The largest absolute Gasteiger partial charge is 0.275 e. The molecule has 0 aromatic carbocycles. The van der Waals surface area contributed by atoms with Crippen LogP contribution >= 0.6 is 11.3 Å². The summed E-state index contributed by atoms with van der Waals surface area (Å²) in [4.78, 5) is 1.11. The molecule has 21 heavy (non-hydrogen) atoms. The zero-order valence-electron chi connectivity index (χ0n) is 11.1. The fraction of sp³-hybridized carbons (Fsp3) is 0.167. The first-order valence-corrected chi connectivity index (χ1v) is 8.59. The van der Waals surface area contributed by atoms with E-state index in [1.165, 1.54) is 12.4 Å². The Balaban J connectivity index is 1.82. The molecule has 0 aliphatic carbocycles. The van der Waals surface area contributed by atoms with Gasteiger partial charge in [-0.05, 0) is 18.4 Å². The van der Waals surface area contributed by atoms with Crippen molar-refractivity contribution in [1.29, 1.82) is 0 Å². The summed E-state index contributed by atoms with van der Waals surface area (Å²) in [5.41, 5.74) is 0.770. The Kier molecular flexibility index (Phi) is 3.52. The molecule has 0 saturated carbocycles. The van der Waals surface area contributed by atoms with Crippen molar-refractivity contribution in [3.05, 3.63) is 36.0 Å². The molecule has 3 aromatic heterocycles. The number of aryl methyl sites for hydroxylation is 1. The van der Waals surface area contributed by atoms with Gasteiger partial charge < -0.3 is 0 Å². The maximum Gasteiger partial charge on any atom is 0.266 e. The molecule has 0 atom stereocenters. The lowest BCUT2D eigenvalue weighted by Crippen LogP contribution is -2.12. The highest BCUT2D eigenvalue weighted by molar-refractivity contribution is 7.92. The topological polar surface area (TPSA) is 92.7 Å². The number of nitrogens with one attached hydrogen (secondary N) is 2. The number of sulfonamides is 1. The number of H-pyrrole nitrogens is 1. The minimum Gasteiger partial charge on any atom is -0.275 e. The Morgan fingerprint density at radius 1 is 1.48 bits per heavy atom. The van der Waals surface area contributed by atoms with Crippen LogP contribution in [0.2, 0.25) is 0 Å². The Bertz CT molecular complexity index is 833. The number of anilines is 1. The summed E-state index contributed by atoms with van der Waals surface area (Å²) in [6.45, 7) is 2.50. The number of hydrogen-bond donors (Lipinski definition) is 2. The summed E-state index contributed by atoms with van der Waals surface area (Å²) in [6, 6.07) is 5.51. The van der Waals surface area contributed by atoms with Crippen LogP contribution in [0.1, 0.15) is 6.92 Å². The number of aromatic nitrogens is 4. The van der Waals surface area contributed by atoms with E-state index in [4.69, 9.17) is 0 Å². The Labute approximate surface area is 125 Å². The van der Waals surface area contributed by atoms with Gasteiger partial charge in [0.1, 0.15) is 4.90 Å². The van der Waals surface area contributed by atoms with E-state index < -0.39 is 10.0 Å². The van der Waals surface area contributed by atoms with Crippen molar-refractivity contribution >= 4 is 27.2 Å². The second-order valence-corrected chi connectivity index (χ2v) is 6.91. The minimum atomic E-state index is -3.67. The zero-order valence-corrected chi connectivity index (χ0v) is 12.8.